The minimum Gasteiger partial charge on any atom is -0.342 e. The van der Waals surface area contributed by atoms with E-state index in [4.69, 9.17) is 9.98 Å². The molecule has 178 valence electrons. The van der Waals surface area contributed by atoms with Gasteiger partial charge in [-0.3, -0.25) is 24.2 Å². The van der Waals surface area contributed by atoms with Crippen molar-refractivity contribution in [2.45, 2.75) is 37.6 Å². The number of aliphatic imine (C=N–C) groups is 1. The van der Waals surface area contributed by atoms with Crippen molar-refractivity contribution in [3.05, 3.63) is 48.4 Å². The molecule has 3 aromatic rings. The van der Waals surface area contributed by atoms with Gasteiger partial charge in [-0.1, -0.05) is 12.1 Å². The Morgan fingerprint density at radius 2 is 1.91 bits per heavy atom. The van der Waals surface area contributed by atoms with Crippen LogP contribution in [0.5, 0.6) is 0 Å². The molecule has 7 rings (SSSR count). The number of nitrogens with zero attached hydrogens (tertiary/aromatic N) is 6. The smallest absolute Gasteiger partial charge is 0.256 e. The predicted molar refractivity (Wildman–Crippen MR) is 132 cm³/mol. The van der Waals surface area contributed by atoms with Gasteiger partial charge in [-0.15, -0.1) is 0 Å². The van der Waals surface area contributed by atoms with E-state index >= 15 is 0 Å². The third kappa shape index (κ3) is 3.46. The largest absolute Gasteiger partial charge is 0.342 e. The molecule has 1 aromatic carbocycles. The van der Waals surface area contributed by atoms with Gasteiger partial charge in [-0.25, -0.2) is 4.99 Å². The van der Waals surface area contributed by atoms with Crippen LogP contribution in [-0.4, -0.2) is 67.4 Å². The number of amidine groups is 1. The van der Waals surface area contributed by atoms with Crippen molar-refractivity contribution >= 4 is 28.6 Å². The molecule has 8 nitrogen and oxygen atoms in total. The van der Waals surface area contributed by atoms with E-state index in [1.54, 1.807) is 0 Å². The Kier molecular flexibility index (Phi) is 4.44. The lowest BCUT2D eigenvalue weighted by Gasteiger charge is -2.23. The maximum absolute atomic E-state index is 13.3. The van der Waals surface area contributed by atoms with Crippen LogP contribution >= 0.6 is 0 Å². The molecule has 1 unspecified atom stereocenters. The van der Waals surface area contributed by atoms with Gasteiger partial charge in [0.2, 0.25) is 5.91 Å². The highest BCUT2D eigenvalue weighted by molar-refractivity contribution is 6.15. The monoisotopic (exact) mass is 468 g/mol. The van der Waals surface area contributed by atoms with Gasteiger partial charge in [0.15, 0.2) is 5.84 Å². The molecule has 2 aromatic heterocycles. The average Bonchev–Trinajstić information content (AvgIpc) is 3.78. The number of hydrogen-bond acceptors (Lipinski definition) is 5. The number of rotatable bonds is 5. The van der Waals surface area contributed by atoms with E-state index in [1.165, 1.54) is 0 Å². The number of hydrogen-bond donors (Lipinski definition) is 0. The highest BCUT2D eigenvalue weighted by Crippen LogP contribution is 2.46. The summed E-state index contributed by atoms with van der Waals surface area (Å²) in [4.78, 5) is 39.3. The number of pyridine rings is 1. The summed E-state index contributed by atoms with van der Waals surface area (Å²) in [6.07, 6.45) is 8.35. The van der Waals surface area contributed by atoms with Crippen molar-refractivity contribution < 1.29 is 9.59 Å². The number of benzene rings is 1. The Labute approximate surface area is 203 Å². The lowest BCUT2D eigenvalue weighted by Crippen LogP contribution is -2.41. The number of carbonyl (C=O) groups is 2. The summed E-state index contributed by atoms with van der Waals surface area (Å²) in [5, 5.41) is 5.42. The molecule has 0 N–H and O–H groups in total. The van der Waals surface area contributed by atoms with E-state index in [0.29, 0.717) is 18.3 Å². The highest BCUT2D eigenvalue weighted by Gasteiger charge is 2.57. The topological polar surface area (TPSA) is 83.7 Å². The molecule has 8 heteroatoms. The summed E-state index contributed by atoms with van der Waals surface area (Å²) >= 11 is 0. The first kappa shape index (κ1) is 20.8. The van der Waals surface area contributed by atoms with Crippen LogP contribution in [0.15, 0.2) is 47.7 Å². The van der Waals surface area contributed by atoms with Gasteiger partial charge >= 0.3 is 0 Å². The second kappa shape index (κ2) is 7.47. The van der Waals surface area contributed by atoms with Gasteiger partial charge < -0.3 is 4.90 Å². The summed E-state index contributed by atoms with van der Waals surface area (Å²) in [7, 11) is 1.94. The first-order valence-corrected chi connectivity index (χ1v) is 12.6. The minimum absolute atomic E-state index is 0.104. The number of fused-ring (bicyclic) bond motifs is 1. The highest BCUT2D eigenvalue weighted by atomic mass is 16.2. The first-order valence-electron chi connectivity index (χ1n) is 12.6. The molecule has 4 heterocycles. The number of amides is 2. The molecule has 2 saturated carbocycles. The molecule has 2 aliphatic carbocycles. The molecule has 1 spiro atoms. The van der Waals surface area contributed by atoms with E-state index in [1.807, 2.05) is 40.0 Å². The molecule has 0 bridgehead atoms. The molecule has 2 aliphatic heterocycles. The number of aromatic nitrogens is 3. The molecule has 1 atom stereocenters. The molecule has 4 aliphatic rings. The Hall–Kier alpha value is -3.55. The molecule has 0 radical (unpaired) electrons. The standard InChI is InChI=1S/C27H28N6O2/c1-31-23-7-5-19(12-21(23)14-29-31)20-4-6-22(28-13-20)24-30-27(9-10-27)26(35)33(24)16-17-8-11-32(15-17)25(34)18-2-3-18/h4-7,12-14,17-18H,2-3,8-11,15-16H2,1H3. The van der Waals surface area contributed by atoms with Crippen LogP contribution < -0.4 is 0 Å². The van der Waals surface area contributed by atoms with E-state index < -0.39 is 5.54 Å². The van der Waals surface area contributed by atoms with Crippen LogP contribution in [0.25, 0.3) is 22.0 Å². The van der Waals surface area contributed by atoms with E-state index in [-0.39, 0.29) is 17.7 Å². The zero-order chi connectivity index (χ0) is 23.7. The van der Waals surface area contributed by atoms with Crippen LogP contribution in [0.2, 0.25) is 0 Å². The fourth-order valence-corrected chi connectivity index (χ4v) is 5.54. The second-order valence-electron chi connectivity index (χ2n) is 10.6. The number of likely N-dealkylation sites (tertiary alicyclic amines) is 1. The van der Waals surface area contributed by atoms with Crippen molar-refractivity contribution in [1.29, 1.82) is 0 Å². The van der Waals surface area contributed by atoms with Gasteiger partial charge in [0.1, 0.15) is 11.2 Å². The van der Waals surface area contributed by atoms with Gasteiger partial charge in [0.25, 0.3) is 5.91 Å². The third-order valence-electron chi connectivity index (χ3n) is 7.98. The van der Waals surface area contributed by atoms with Crippen LogP contribution in [0.4, 0.5) is 0 Å². The Balaban J connectivity index is 1.12. The maximum Gasteiger partial charge on any atom is 0.256 e. The lowest BCUT2D eigenvalue weighted by molar-refractivity contribution is -0.131. The average molecular weight is 469 g/mol. The molecule has 35 heavy (non-hydrogen) atoms. The van der Waals surface area contributed by atoms with Crippen LogP contribution in [0.1, 0.15) is 37.8 Å². The summed E-state index contributed by atoms with van der Waals surface area (Å²) < 4.78 is 1.86. The van der Waals surface area contributed by atoms with Crippen molar-refractivity contribution in [1.82, 2.24) is 24.6 Å². The minimum atomic E-state index is -0.566. The zero-order valence-corrected chi connectivity index (χ0v) is 19.9. The van der Waals surface area contributed by atoms with E-state index in [2.05, 4.69) is 29.4 Å². The SMILES string of the molecule is Cn1ncc2cc(-c3ccc(C4=NC5(CC5)C(=O)N4CC4CCN(C(=O)C5CC5)C4)nc3)ccc21. The fourth-order valence-electron chi connectivity index (χ4n) is 5.54. The van der Waals surface area contributed by atoms with Crippen LogP contribution in [0, 0.1) is 11.8 Å². The van der Waals surface area contributed by atoms with Crippen LogP contribution in [-0.2, 0) is 16.6 Å². The van der Waals surface area contributed by atoms with E-state index in [0.717, 1.165) is 72.9 Å². The molecular weight excluding hydrogens is 440 g/mol. The summed E-state index contributed by atoms with van der Waals surface area (Å²) in [5.74, 6) is 1.62. The number of carbonyl (C=O) groups excluding carboxylic acids is 2. The van der Waals surface area contributed by atoms with Crippen LogP contribution in [0.3, 0.4) is 0 Å². The van der Waals surface area contributed by atoms with Crippen molar-refractivity contribution in [3.63, 3.8) is 0 Å². The maximum atomic E-state index is 13.3. The molecular formula is C27H28N6O2. The van der Waals surface area contributed by atoms with Gasteiger partial charge in [0.05, 0.1) is 11.7 Å². The summed E-state index contributed by atoms with van der Waals surface area (Å²) in [6, 6.07) is 10.3. The van der Waals surface area contributed by atoms with Gasteiger partial charge in [-0.05, 0) is 61.8 Å². The lowest BCUT2D eigenvalue weighted by atomic mass is 10.1. The molecule has 1 saturated heterocycles. The van der Waals surface area contributed by atoms with Crippen molar-refractivity contribution in [3.8, 4) is 11.1 Å². The van der Waals surface area contributed by atoms with Gasteiger partial charge in [-0.2, -0.15) is 5.10 Å². The molecule has 3 fully saturated rings. The molecule has 2 amide bonds. The second-order valence-corrected chi connectivity index (χ2v) is 10.6. The first-order chi connectivity index (χ1) is 17.0. The number of aryl methyl sites for hydroxylation is 1. The third-order valence-corrected chi connectivity index (χ3v) is 7.98. The van der Waals surface area contributed by atoms with E-state index in [9.17, 15) is 9.59 Å². The Morgan fingerprint density at radius 1 is 1.09 bits per heavy atom. The summed E-state index contributed by atoms with van der Waals surface area (Å²) in [6.45, 7) is 2.14. The Bertz CT molecular complexity index is 1380. The normalized spacial score (nSPS) is 22.9. The quantitative estimate of drug-likeness (QED) is 0.576. The zero-order valence-electron chi connectivity index (χ0n) is 19.9. The fraction of sp³-hybridized carbons (Fsp3) is 0.444. The van der Waals surface area contributed by atoms with Crippen molar-refractivity contribution in [2.75, 3.05) is 19.6 Å². The predicted octanol–water partition coefficient (Wildman–Crippen LogP) is 3.02. The van der Waals surface area contributed by atoms with Gasteiger partial charge in [0, 0.05) is 49.7 Å². The summed E-state index contributed by atoms with van der Waals surface area (Å²) in [5.41, 5.74) is 3.35. The Morgan fingerprint density at radius 3 is 2.66 bits per heavy atom. The van der Waals surface area contributed by atoms with Crippen molar-refractivity contribution in [2.24, 2.45) is 23.9 Å².